The van der Waals surface area contributed by atoms with Crippen molar-refractivity contribution in [2.45, 2.75) is 60.4 Å². The van der Waals surface area contributed by atoms with Crippen LogP contribution in [0.25, 0.3) is 0 Å². The summed E-state index contributed by atoms with van der Waals surface area (Å²) in [5.41, 5.74) is -0.129. The van der Waals surface area contributed by atoms with Gasteiger partial charge in [0, 0.05) is 5.54 Å². The molecule has 0 spiro atoms. The van der Waals surface area contributed by atoms with Crippen LogP contribution >= 0.6 is 0 Å². The van der Waals surface area contributed by atoms with Gasteiger partial charge >= 0.3 is 0 Å². The Morgan fingerprint density at radius 2 is 1.71 bits per heavy atom. The number of nitrogens with one attached hydrogen (secondary N) is 1. The Labute approximate surface area is 106 Å². The summed E-state index contributed by atoms with van der Waals surface area (Å²) in [6.07, 6.45) is 0.877. The van der Waals surface area contributed by atoms with Crippen molar-refractivity contribution >= 4 is 5.91 Å². The topological polar surface area (TPSA) is 52.9 Å². The standard InChI is InChI=1S/C14H26N2O/c1-10(2)11(8-15)12(17)16-14(6,7)9-13(3,4)5/h10-11H,9H2,1-7H3,(H,16,17). The highest BCUT2D eigenvalue weighted by atomic mass is 16.2. The minimum absolute atomic E-state index is 0.0467. The Kier molecular flexibility index (Phi) is 5.19. The molecule has 17 heavy (non-hydrogen) atoms. The van der Waals surface area contributed by atoms with Crippen molar-refractivity contribution in [3.63, 3.8) is 0 Å². The largest absolute Gasteiger partial charge is 0.350 e. The van der Waals surface area contributed by atoms with Gasteiger partial charge in [0.2, 0.25) is 5.91 Å². The first-order valence-corrected chi connectivity index (χ1v) is 6.20. The summed E-state index contributed by atoms with van der Waals surface area (Å²) >= 11 is 0. The zero-order valence-corrected chi connectivity index (χ0v) is 12.2. The fourth-order valence-corrected chi connectivity index (χ4v) is 2.29. The molecule has 3 heteroatoms. The van der Waals surface area contributed by atoms with Gasteiger partial charge in [0.15, 0.2) is 0 Å². The molecule has 0 saturated carbocycles. The summed E-state index contributed by atoms with van der Waals surface area (Å²) in [5.74, 6) is -0.670. The summed E-state index contributed by atoms with van der Waals surface area (Å²) in [6, 6.07) is 2.07. The normalized spacial score (nSPS) is 14.3. The van der Waals surface area contributed by atoms with Crippen LogP contribution in [-0.2, 0) is 4.79 Å². The molecule has 98 valence electrons. The van der Waals surface area contributed by atoms with Crippen molar-refractivity contribution < 1.29 is 4.79 Å². The molecule has 0 heterocycles. The zero-order valence-electron chi connectivity index (χ0n) is 12.2. The molecule has 0 aliphatic rings. The van der Waals surface area contributed by atoms with E-state index in [0.717, 1.165) is 6.42 Å². The number of carbonyl (C=O) groups is 1. The lowest BCUT2D eigenvalue weighted by Gasteiger charge is -2.34. The summed E-state index contributed by atoms with van der Waals surface area (Å²) in [5, 5.41) is 12.0. The first-order valence-electron chi connectivity index (χ1n) is 6.20. The highest BCUT2D eigenvalue weighted by molar-refractivity contribution is 5.81. The Balaban J connectivity index is 4.62. The number of nitriles is 1. The predicted molar refractivity (Wildman–Crippen MR) is 70.2 cm³/mol. The molecule has 0 radical (unpaired) electrons. The first-order chi connectivity index (χ1) is 7.48. The second-order valence-electron chi connectivity index (χ2n) is 6.96. The van der Waals surface area contributed by atoms with Crippen LogP contribution < -0.4 is 5.32 Å². The number of rotatable bonds is 4. The Morgan fingerprint density at radius 3 is 2.00 bits per heavy atom. The smallest absolute Gasteiger partial charge is 0.238 e. The third-order valence-corrected chi connectivity index (χ3v) is 2.52. The number of hydrogen-bond donors (Lipinski definition) is 1. The lowest BCUT2D eigenvalue weighted by Crippen LogP contribution is -2.48. The maximum Gasteiger partial charge on any atom is 0.238 e. The summed E-state index contributed by atoms with van der Waals surface area (Å²) in [4.78, 5) is 12.0. The maximum atomic E-state index is 12.0. The van der Waals surface area contributed by atoms with Gasteiger partial charge in [0.05, 0.1) is 6.07 Å². The van der Waals surface area contributed by atoms with Gasteiger partial charge in [0.1, 0.15) is 5.92 Å². The Bertz CT molecular complexity index is 305. The van der Waals surface area contributed by atoms with E-state index in [-0.39, 0.29) is 22.8 Å². The van der Waals surface area contributed by atoms with Crippen LogP contribution in [0, 0.1) is 28.6 Å². The van der Waals surface area contributed by atoms with E-state index in [2.05, 4.69) is 32.2 Å². The molecule has 1 amide bonds. The van der Waals surface area contributed by atoms with Crippen LogP contribution in [0.5, 0.6) is 0 Å². The van der Waals surface area contributed by atoms with Gasteiger partial charge in [-0.2, -0.15) is 5.26 Å². The van der Waals surface area contributed by atoms with Crippen molar-refractivity contribution in [3.05, 3.63) is 0 Å². The van der Waals surface area contributed by atoms with Crippen LogP contribution in [0.1, 0.15) is 54.9 Å². The van der Waals surface area contributed by atoms with Gasteiger partial charge in [-0.25, -0.2) is 0 Å². The first kappa shape index (κ1) is 16.0. The highest BCUT2D eigenvalue weighted by Crippen LogP contribution is 2.27. The van der Waals surface area contributed by atoms with Crippen molar-refractivity contribution in [2.24, 2.45) is 17.3 Å². The van der Waals surface area contributed by atoms with E-state index in [1.807, 2.05) is 27.7 Å². The fraction of sp³-hybridized carbons (Fsp3) is 0.857. The molecule has 0 aliphatic carbocycles. The SMILES string of the molecule is CC(C)C(C#N)C(=O)NC(C)(C)CC(C)(C)C. The molecular weight excluding hydrogens is 212 g/mol. The van der Waals surface area contributed by atoms with E-state index in [4.69, 9.17) is 5.26 Å². The molecule has 0 aromatic heterocycles. The highest BCUT2D eigenvalue weighted by Gasteiger charge is 2.30. The molecule has 0 saturated heterocycles. The second kappa shape index (κ2) is 5.53. The van der Waals surface area contributed by atoms with E-state index >= 15 is 0 Å². The monoisotopic (exact) mass is 238 g/mol. The molecule has 0 aliphatic heterocycles. The fourth-order valence-electron chi connectivity index (χ4n) is 2.29. The van der Waals surface area contributed by atoms with E-state index in [9.17, 15) is 4.79 Å². The van der Waals surface area contributed by atoms with Gasteiger partial charge in [-0.1, -0.05) is 34.6 Å². The van der Waals surface area contributed by atoms with Gasteiger partial charge < -0.3 is 5.32 Å². The van der Waals surface area contributed by atoms with E-state index in [0.29, 0.717) is 0 Å². The molecule has 3 nitrogen and oxygen atoms in total. The molecular formula is C14H26N2O. The lowest BCUT2D eigenvalue weighted by molar-refractivity contribution is -0.126. The quantitative estimate of drug-likeness (QED) is 0.818. The minimum atomic E-state index is -0.561. The second-order valence-corrected chi connectivity index (χ2v) is 6.96. The minimum Gasteiger partial charge on any atom is -0.350 e. The number of amides is 1. The van der Waals surface area contributed by atoms with Crippen molar-refractivity contribution in [1.82, 2.24) is 5.32 Å². The molecule has 0 aromatic rings. The molecule has 1 atom stereocenters. The molecule has 0 bridgehead atoms. The van der Waals surface area contributed by atoms with Crippen molar-refractivity contribution in [1.29, 1.82) is 5.26 Å². The third-order valence-electron chi connectivity index (χ3n) is 2.52. The molecule has 1 unspecified atom stereocenters. The van der Waals surface area contributed by atoms with E-state index in [1.54, 1.807) is 0 Å². The van der Waals surface area contributed by atoms with Crippen LogP contribution in [0.2, 0.25) is 0 Å². The third kappa shape index (κ3) is 6.31. The predicted octanol–water partition coefficient (Wildman–Crippen LogP) is 3.11. The van der Waals surface area contributed by atoms with Crippen molar-refractivity contribution in [3.8, 4) is 6.07 Å². The summed E-state index contributed by atoms with van der Waals surface area (Å²) in [6.45, 7) is 14.2. The number of hydrogen-bond acceptors (Lipinski definition) is 2. The van der Waals surface area contributed by atoms with Crippen LogP contribution in [0.3, 0.4) is 0 Å². The van der Waals surface area contributed by atoms with Crippen molar-refractivity contribution in [2.75, 3.05) is 0 Å². The summed E-state index contributed by atoms with van der Waals surface area (Å²) < 4.78 is 0. The number of carbonyl (C=O) groups excluding carboxylic acids is 1. The van der Waals surface area contributed by atoms with Gasteiger partial charge in [-0.05, 0) is 31.6 Å². The molecule has 0 fully saturated rings. The average Bonchev–Trinajstić information content (AvgIpc) is 1.96. The Morgan fingerprint density at radius 1 is 1.24 bits per heavy atom. The zero-order chi connectivity index (χ0) is 13.9. The van der Waals surface area contributed by atoms with Gasteiger partial charge in [-0.3, -0.25) is 4.79 Å². The number of nitrogens with zero attached hydrogens (tertiary/aromatic N) is 1. The molecule has 0 aromatic carbocycles. The van der Waals surface area contributed by atoms with Crippen LogP contribution in [0.15, 0.2) is 0 Å². The van der Waals surface area contributed by atoms with Gasteiger partial charge in [0.25, 0.3) is 0 Å². The van der Waals surface area contributed by atoms with Gasteiger partial charge in [-0.15, -0.1) is 0 Å². The summed E-state index contributed by atoms with van der Waals surface area (Å²) in [7, 11) is 0. The average molecular weight is 238 g/mol. The van der Waals surface area contributed by atoms with Crippen LogP contribution in [0.4, 0.5) is 0 Å². The van der Waals surface area contributed by atoms with Crippen LogP contribution in [-0.4, -0.2) is 11.4 Å². The molecule has 1 N–H and O–H groups in total. The lowest BCUT2D eigenvalue weighted by atomic mass is 9.81. The van der Waals surface area contributed by atoms with E-state index < -0.39 is 5.92 Å². The van der Waals surface area contributed by atoms with E-state index in [1.165, 1.54) is 0 Å². The maximum absolute atomic E-state index is 12.0. The molecule has 0 rings (SSSR count). The Hall–Kier alpha value is -1.04.